The van der Waals surface area contributed by atoms with E-state index in [1.165, 1.54) is 0 Å². The van der Waals surface area contributed by atoms with Crippen molar-refractivity contribution in [3.63, 3.8) is 0 Å². The van der Waals surface area contributed by atoms with Gasteiger partial charge in [-0.2, -0.15) is 0 Å². The smallest absolute Gasteiger partial charge is 0.227 e. The minimum Gasteiger partial charge on any atom is -0.497 e. The average molecular weight is 231 g/mol. The Hall–Kier alpha value is -1.77. The molecule has 0 N–H and O–H groups in total. The summed E-state index contributed by atoms with van der Waals surface area (Å²) in [6.07, 6.45) is 2.42. The van der Waals surface area contributed by atoms with E-state index in [1.54, 1.807) is 7.11 Å². The zero-order valence-electron chi connectivity index (χ0n) is 10.3. The van der Waals surface area contributed by atoms with Gasteiger partial charge in [0.2, 0.25) is 5.91 Å². The minimum absolute atomic E-state index is 0.170. The molecule has 0 radical (unpaired) electrons. The normalized spacial score (nSPS) is 19.5. The molecule has 3 nitrogen and oxygen atoms in total. The third-order valence-corrected chi connectivity index (χ3v) is 3.18. The van der Waals surface area contributed by atoms with Gasteiger partial charge in [-0.25, -0.2) is 0 Å². The van der Waals surface area contributed by atoms with E-state index in [2.05, 4.69) is 6.58 Å². The van der Waals surface area contributed by atoms with Gasteiger partial charge < -0.3 is 9.64 Å². The summed E-state index contributed by atoms with van der Waals surface area (Å²) in [6, 6.07) is 5.78. The zero-order chi connectivity index (χ0) is 12.4. The van der Waals surface area contributed by atoms with E-state index in [1.807, 2.05) is 36.1 Å². The van der Waals surface area contributed by atoms with Crippen LogP contribution in [0.4, 0.5) is 5.69 Å². The Bertz CT molecular complexity index is 454. The second-order valence-corrected chi connectivity index (χ2v) is 4.36. The Morgan fingerprint density at radius 3 is 2.82 bits per heavy atom. The first-order valence-corrected chi connectivity index (χ1v) is 5.73. The number of carbonyl (C=O) groups excluding carboxylic acids is 1. The van der Waals surface area contributed by atoms with Gasteiger partial charge >= 0.3 is 0 Å². The molecule has 1 unspecified atom stereocenters. The number of anilines is 1. The Morgan fingerprint density at radius 1 is 1.53 bits per heavy atom. The number of ether oxygens (including phenoxy) is 1. The lowest BCUT2D eigenvalue weighted by Gasteiger charge is -2.19. The molecule has 2 rings (SSSR count). The van der Waals surface area contributed by atoms with Gasteiger partial charge in [0.15, 0.2) is 0 Å². The van der Waals surface area contributed by atoms with E-state index in [0.29, 0.717) is 6.42 Å². The average Bonchev–Trinajstić information content (AvgIpc) is 2.70. The summed E-state index contributed by atoms with van der Waals surface area (Å²) < 4.78 is 5.16. The predicted molar refractivity (Wildman–Crippen MR) is 68.4 cm³/mol. The first-order chi connectivity index (χ1) is 8.15. The number of hydrogen-bond donors (Lipinski definition) is 0. The largest absolute Gasteiger partial charge is 0.497 e. The molecule has 0 bridgehead atoms. The van der Waals surface area contributed by atoms with E-state index >= 15 is 0 Å². The Morgan fingerprint density at radius 2 is 2.29 bits per heavy atom. The molecule has 1 aromatic carbocycles. The second-order valence-electron chi connectivity index (χ2n) is 4.36. The van der Waals surface area contributed by atoms with Crippen LogP contribution in [0.5, 0.6) is 5.75 Å². The lowest BCUT2D eigenvalue weighted by molar-refractivity contribution is -0.117. The standard InChI is InChI=1S/C14H17NO2/c1-4-11-8-14(16)15(9-11)13-6-5-12(17-3)7-10(13)2/h4-7,11H,1,8-9H2,2-3H3. The zero-order valence-corrected chi connectivity index (χ0v) is 10.3. The molecule has 1 fully saturated rings. The van der Waals surface area contributed by atoms with Gasteiger partial charge in [-0.1, -0.05) is 6.08 Å². The van der Waals surface area contributed by atoms with Crippen molar-refractivity contribution in [1.82, 2.24) is 0 Å². The number of benzene rings is 1. The molecular weight excluding hydrogens is 214 g/mol. The molecule has 1 aliphatic heterocycles. The summed E-state index contributed by atoms with van der Waals surface area (Å²) >= 11 is 0. The topological polar surface area (TPSA) is 29.5 Å². The van der Waals surface area contributed by atoms with Crippen LogP contribution in [0.2, 0.25) is 0 Å². The van der Waals surface area contributed by atoms with E-state index in [9.17, 15) is 4.79 Å². The molecule has 17 heavy (non-hydrogen) atoms. The van der Waals surface area contributed by atoms with Crippen LogP contribution in [0.1, 0.15) is 12.0 Å². The van der Waals surface area contributed by atoms with Crippen molar-refractivity contribution in [3.05, 3.63) is 36.4 Å². The highest BCUT2D eigenvalue weighted by Gasteiger charge is 2.29. The lowest BCUT2D eigenvalue weighted by atomic mass is 10.1. The van der Waals surface area contributed by atoms with Crippen molar-refractivity contribution in [2.24, 2.45) is 5.92 Å². The van der Waals surface area contributed by atoms with Crippen molar-refractivity contribution >= 4 is 11.6 Å². The lowest BCUT2D eigenvalue weighted by Crippen LogP contribution is -2.25. The number of carbonyl (C=O) groups is 1. The highest BCUT2D eigenvalue weighted by Crippen LogP contribution is 2.30. The third-order valence-electron chi connectivity index (χ3n) is 3.18. The molecule has 1 saturated heterocycles. The van der Waals surface area contributed by atoms with Crippen LogP contribution in [0, 0.1) is 12.8 Å². The van der Waals surface area contributed by atoms with Crippen molar-refractivity contribution in [2.45, 2.75) is 13.3 Å². The summed E-state index contributed by atoms with van der Waals surface area (Å²) in [4.78, 5) is 13.7. The summed E-state index contributed by atoms with van der Waals surface area (Å²) in [6.45, 7) is 6.48. The quantitative estimate of drug-likeness (QED) is 0.748. The SMILES string of the molecule is C=CC1CC(=O)N(c2ccc(OC)cc2C)C1. The third kappa shape index (κ3) is 2.18. The molecule has 1 aromatic rings. The summed E-state index contributed by atoms with van der Waals surface area (Å²) in [5, 5.41) is 0. The van der Waals surface area contributed by atoms with Crippen LogP contribution in [-0.4, -0.2) is 19.6 Å². The number of amides is 1. The highest BCUT2D eigenvalue weighted by molar-refractivity contribution is 5.96. The molecule has 90 valence electrons. The summed E-state index contributed by atoms with van der Waals surface area (Å²) in [5.74, 6) is 1.25. The van der Waals surface area contributed by atoms with Gasteiger partial charge in [-0.3, -0.25) is 4.79 Å². The Balaban J connectivity index is 2.28. The first-order valence-electron chi connectivity index (χ1n) is 5.73. The van der Waals surface area contributed by atoms with Crippen LogP contribution in [0.3, 0.4) is 0 Å². The molecule has 1 atom stereocenters. The fourth-order valence-electron chi connectivity index (χ4n) is 2.18. The monoisotopic (exact) mass is 231 g/mol. The molecule has 0 aliphatic carbocycles. The molecule has 1 aliphatic rings. The van der Waals surface area contributed by atoms with Crippen molar-refractivity contribution in [1.29, 1.82) is 0 Å². The first kappa shape index (κ1) is 11.7. The Kier molecular flexibility index (Phi) is 3.18. The van der Waals surface area contributed by atoms with E-state index in [-0.39, 0.29) is 11.8 Å². The van der Waals surface area contributed by atoms with Gasteiger partial charge in [0.1, 0.15) is 5.75 Å². The molecule has 3 heteroatoms. The number of aryl methyl sites for hydroxylation is 1. The molecular formula is C14H17NO2. The highest BCUT2D eigenvalue weighted by atomic mass is 16.5. The van der Waals surface area contributed by atoms with Gasteiger partial charge in [0, 0.05) is 24.6 Å². The molecule has 1 amide bonds. The van der Waals surface area contributed by atoms with Crippen LogP contribution >= 0.6 is 0 Å². The number of rotatable bonds is 3. The molecule has 0 spiro atoms. The van der Waals surface area contributed by atoms with Crippen molar-refractivity contribution in [2.75, 3.05) is 18.6 Å². The van der Waals surface area contributed by atoms with Crippen LogP contribution in [0.15, 0.2) is 30.9 Å². The number of nitrogens with zero attached hydrogens (tertiary/aromatic N) is 1. The van der Waals surface area contributed by atoms with E-state index in [4.69, 9.17) is 4.74 Å². The van der Waals surface area contributed by atoms with E-state index < -0.39 is 0 Å². The summed E-state index contributed by atoms with van der Waals surface area (Å²) in [5.41, 5.74) is 2.03. The van der Waals surface area contributed by atoms with Gasteiger partial charge in [0.25, 0.3) is 0 Å². The van der Waals surface area contributed by atoms with E-state index in [0.717, 1.165) is 23.5 Å². The summed E-state index contributed by atoms with van der Waals surface area (Å²) in [7, 11) is 1.64. The van der Waals surface area contributed by atoms with Crippen LogP contribution in [0.25, 0.3) is 0 Å². The second kappa shape index (κ2) is 4.62. The molecule has 0 aromatic heterocycles. The predicted octanol–water partition coefficient (Wildman–Crippen LogP) is 2.54. The fourth-order valence-corrected chi connectivity index (χ4v) is 2.18. The van der Waals surface area contributed by atoms with Crippen LogP contribution < -0.4 is 9.64 Å². The maximum Gasteiger partial charge on any atom is 0.227 e. The minimum atomic E-state index is 0.170. The van der Waals surface area contributed by atoms with Crippen LogP contribution in [-0.2, 0) is 4.79 Å². The van der Waals surface area contributed by atoms with Crippen molar-refractivity contribution in [3.8, 4) is 5.75 Å². The molecule has 1 heterocycles. The Labute approximate surface area is 102 Å². The molecule has 0 saturated carbocycles. The maximum absolute atomic E-state index is 11.9. The van der Waals surface area contributed by atoms with Gasteiger partial charge in [0.05, 0.1) is 7.11 Å². The van der Waals surface area contributed by atoms with Gasteiger partial charge in [-0.15, -0.1) is 6.58 Å². The van der Waals surface area contributed by atoms with Crippen molar-refractivity contribution < 1.29 is 9.53 Å². The number of methoxy groups -OCH3 is 1. The fraction of sp³-hybridized carbons (Fsp3) is 0.357. The maximum atomic E-state index is 11.9. The van der Waals surface area contributed by atoms with Gasteiger partial charge in [-0.05, 0) is 30.7 Å². The number of hydrogen-bond acceptors (Lipinski definition) is 2.